The highest BCUT2D eigenvalue weighted by Gasteiger charge is 2.83. The lowest BCUT2D eigenvalue weighted by molar-refractivity contribution is -0.242. The normalized spacial score (nSPS) is 44.8. The lowest BCUT2D eigenvalue weighted by Crippen LogP contribution is -2.68. The van der Waals surface area contributed by atoms with Crippen LogP contribution < -0.4 is 0 Å². The molecule has 5 aliphatic rings. The molecule has 2 N–H and O–H groups in total. The summed E-state index contributed by atoms with van der Waals surface area (Å²) in [5.74, 6) is -2.40. The zero-order valence-electron chi connectivity index (χ0n) is 26.0. The van der Waals surface area contributed by atoms with Crippen molar-refractivity contribution in [2.45, 2.75) is 102 Å². The summed E-state index contributed by atoms with van der Waals surface area (Å²) in [6.07, 6.45) is 6.62. The Morgan fingerprint density at radius 3 is 2.64 bits per heavy atom. The van der Waals surface area contributed by atoms with Crippen molar-refractivity contribution in [3.8, 4) is 0 Å². The average Bonchev–Trinajstić information content (AvgIpc) is 3.75. The SMILES string of the molecule is C/C=C/C(=O)O[C@H]1C[C@@]23COC(=O)[C@@H](O)[C@H](C)CCO[C@@H]([C@H](C)O)/C=C/C=C\C(=O)O[C@@H]4C[C@@H](O[C@@H]2C=C1C)C1(CO1)[C@]43C. The number of ether oxygens (including phenoxy) is 6. The van der Waals surface area contributed by atoms with Crippen molar-refractivity contribution in [3.63, 3.8) is 0 Å². The van der Waals surface area contributed by atoms with Gasteiger partial charge in [0.1, 0.15) is 30.5 Å². The first-order valence-corrected chi connectivity index (χ1v) is 15.4. The van der Waals surface area contributed by atoms with Crippen LogP contribution in [0.25, 0.3) is 0 Å². The summed E-state index contributed by atoms with van der Waals surface area (Å²) in [4.78, 5) is 39.1. The first kappa shape index (κ1) is 32.6. The molecular formula is C33H44O11. The first-order valence-electron chi connectivity index (χ1n) is 15.4. The molecule has 2 spiro atoms. The Morgan fingerprint density at radius 1 is 1.20 bits per heavy atom. The number of aliphatic hydroxyl groups excluding tert-OH is 2. The van der Waals surface area contributed by atoms with Gasteiger partial charge in [-0.25, -0.2) is 14.4 Å². The van der Waals surface area contributed by atoms with E-state index in [1.54, 1.807) is 39.0 Å². The van der Waals surface area contributed by atoms with Gasteiger partial charge in [-0.1, -0.05) is 44.2 Å². The van der Waals surface area contributed by atoms with E-state index in [-0.39, 0.29) is 25.7 Å². The smallest absolute Gasteiger partial charge is 0.335 e. The first-order chi connectivity index (χ1) is 20.9. The van der Waals surface area contributed by atoms with Crippen molar-refractivity contribution in [2.75, 3.05) is 19.8 Å². The van der Waals surface area contributed by atoms with Gasteiger partial charge in [-0.05, 0) is 38.7 Å². The summed E-state index contributed by atoms with van der Waals surface area (Å²) in [7, 11) is 0. The summed E-state index contributed by atoms with van der Waals surface area (Å²) in [6, 6.07) is 0. The standard InChI is InChI=1S/C33H44O11/c1-6-9-27(35)42-23-16-32-17-40-30(38)29(37)19(2)12-13-39-22(21(4)34)10-7-8-11-28(36)44-24-15-26(43-25(32)14-20(23)3)33(18-41-33)31(24,32)5/h6-11,14,19,21-26,29,34,37H,12-13,15-18H2,1-5H3/b9-6+,10-7+,11-8-/t19-,21+,22-,23+,24-,25-,26-,29+,31-,32-,33?/m1/s1. The van der Waals surface area contributed by atoms with Gasteiger partial charge in [0.05, 0.1) is 35.7 Å². The number of cyclic esters (lactones) is 1. The predicted molar refractivity (Wildman–Crippen MR) is 156 cm³/mol. The molecule has 242 valence electrons. The molecule has 44 heavy (non-hydrogen) atoms. The number of esters is 3. The molecule has 11 heteroatoms. The number of allylic oxidation sites excluding steroid dienone is 3. The molecule has 0 aromatic heterocycles. The second-order valence-electron chi connectivity index (χ2n) is 12.9. The molecule has 3 aliphatic heterocycles. The van der Waals surface area contributed by atoms with E-state index in [1.165, 1.54) is 18.2 Å². The molecule has 0 radical (unpaired) electrons. The zero-order valence-corrected chi connectivity index (χ0v) is 26.0. The third-order valence-electron chi connectivity index (χ3n) is 10.4. The minimum atomic E-state index is -1.44. The van der Waals surface area contributed by atoms with E-state index in [2.05, 4.69) is 0 Å². The molecule has 3 fully saturated rings. The van der Waals surface area contributed by atoms with E-state index in [1.807, 2.05) is 19.9 Å². The van der Waals surface area contributed by atoms with Crippen molar-refractivity contribution >= 4 is 17.9 Å². The van der Waals surface area contributed by atoms with E-state index < -0.39 is 76.9 Å². The summed E-state index contributed by atoms with van der Waals surface area (Å²) in [6.45, 7) is 9.23. The van der Waals surface area contributed by atoms with Crippen molar-refractivity contribution in [2.24, 2.45) is 16.7 Å². The zero-order chi connectivity index (χ0) is 31.9. The van der Waals surface area contributed by atoms with Crippen LogP contribution in [0.5, 0.6) is 0 Å². The summed E-state index contributed by atoms with van der Waals surface area (Å²) in [5.41, 5.74) is -1.95. The Morgan fingerprint density at radius 2 is 1.95 bits per heavy atom. The average molecular weight is 617 g/mol. The molecule has 3 heterocycles. The fourth-order valence-electron chi connectivity index (χ4n) is 7.48. The Balaban J connectivity index is 1.55. The second-order valence-corrected chi connectivity index (χ2v) is 12.9. The Kier molecular flexibility index (Phi) is 9.26. The van der Waals surface area contributed by atoms with Gasteiger partial charge in [-0.3, -0.25) is 0 Å². The van der Waals surface area contributed by atoms with Crippen molar-refractivity contribution < 1.29 is 53.0 Å². The highest BCUT2D eigenvalue weighted by atomic mass is 16.6. The topological polar surface area (TPSA) is 150 Å². The van der Waals surface area contributed by atoms with Crippen LogP contribution in [0.4, 0.5) is 0 Å². The molecule has 0 aromatic rings. The number of carbonyl (C=O) groups excluding carboxylic acids is 3. The van der Waals surface area contributed by atoms with Crippen molar-refractivity contribution in [1.29, 1.82) is 0 Å². The van der Waals surface area contributed by atoms with Crippen LogP contribution in [0.3, 0.4) is 0 Å². The van der Waals surface area contributed by atoms with Gasteiger partial charge in [0.15, 0.2) is 6.10 Å². The van der Waals surface area contributed by atoms with Gasteiger partial charge < -0.3 is 38.6 Å². The predicted octanol–water partition coefficient (Wildman–Crippen LogP) is 2.49. The number of rotatable bonds is 3. The van der Waals surface area contributed by atoms with Crippen molar-refractivity contribution in [1.82, 2.24) is 0 Å². The van der Waals surface area contributed by atoms with Crippen molar-refractivity contribution in [3.05, 3.63) is 48.1 Å². The van der Waals surface area contributed by atoms with Gasteiger partial charge in [0.25, 0.3) is 0 Å². The fourth-order valence-corrected chi connectivity index (χ4v) is 7.48. The minimum absolute atomic E-state index is 0.168. The van der Waals surface area contributed by atoms with Crippen LogP contribution in [0.15, 0.2) is 48.1 Å². The number of carbonyl (C=O) groups is 3. The third-order valence-corrected chi connectivity index (χ3v) is 10.4. The van der Waals surface area contributed by atoms with Crippen LogP contribution in [0.2, 0.25) is 0 Å². The number of aliphatic hydroxyl groups is 2. The quantitative estimate of drug-likeness (QED) is 0.158. The maximum Gasteiger partial charge on any atom is 0.335 e. The second kappa shape index (κ2) is 12.5. The van der Waals surface area contributed by atoms with E-state index in [9.17, 15) is 24.6 Å². The van der Waals surface area contributed by atoms with Crippen LogP contribution in [0, 0.1) is 16.7 Å². The molecule has 0 aromatic carbocycles. The monoisotopic (exact) mass is 616 g/mol. The Bertz CT molecular complexity index is 1250. The number of epoxide rings is 1. The molecule has 11 nitrogen and oxygen atoms in total. The summed E-state index contributed by atoms with van der Waals surface area (Å²) in [5, 5.41) is 21.0. The molecular weight excluding hydrogens is 572 g/mol. The van der Waals surface area contributed by atoms with Gasteiger partial charge in [-0.2, -0.15) is 0 Å². The molecule has 1 unspecified atom stereocenters. The van der Waals surface area contributed by atoms with E-state index in [0.29, 0.717) is 19.4 Å². The molecule has 1 saturated carbocycles. The minimum Gasteiger partial charge on any atom is -0.463 e. The van der Waals surface area contributed by atoms with E-state index in [0.717, 1.165) is 5.57 Å². The van der Waals surface area contributed by atoms with Gasteiger partial charge >= 0.3 is 17.9 Å². The fraction of sp³-hybridized carbons (Fsp3) is 0.667. The largest absolute Gasteiger partial charge is 0.463 e. The summed E-state index contributed by atoms with van der Waals surface area (Å²) < 4.78 is 36.5. The van der Waals surface area contributed by atoms with Gasteiger partial charge in [0, 0.05) is 31.6 Å². The van der Waals surface area contributed by atoms with E-state index in [4.69, 9.17) is 28.4 Å². The molecule has 2 aliphatic carbocycles. The molecule has 0 amide bonds. The van der Waals surface area contributed by atoms with Gasteiger partial charge in [0.2, 0.25) is 0 Å². The van der Waals surface area contributed by atoms with Crippen LogP contribution in [0.1, 0.15) is 53.9 Å². The number of hydrogen-bond acceptors (Lipinski definition) is 11. The van der Waals surface area contributed by atoms with E-state index >= 15 is 0 Å². The lowest BCUT2D eigenvalue weighted by atomic mass is 9.51. The van der Waals surface area contributed by atoms with Crippen LogP contribution in [-0.4, -0.2) is 96.3 Å². The maximum atomic E-state index is 13.3. The Labute approximate surface area is 257 Å². The summed E-state index contributed by atoms with van der Waals surface area (Å²) >= 11 is 0. The maximum absolute atomic E-state index is 13.3. The highest BCUT2D eigenvalue weighted by molar-refractivity contribution is 5.83. The van der Waals surface area contributed by atoms with Crippen LogP contribution >= 0.6 is 0 Å². The number of hydrogen-bond donors (Lipinski definition) is 2. The molecule has 2 bridgehead atoms. The molecule has 5 rings (SSSR count). The third kappa shape index (κ3) is 5.58. The lowest BCUT2D eigenvalue weighted by Gasteiger charge is -2.59. The highest BCUT2D eigenvalue weighted by Crippen LogP contribution is 2.72. The van der Waals surface area contributed by atoms with Crippen LogP contribution in [-0.2, 0) is 42.8 Å². The Hall–Kier alpha value is -2.83. The molecule has 11 atom stereocenters. The van der Waals surface area contributed by atoms with Gasteiger partial charge in [-0.15, -0.1) is 0 Å². The molecule has 2 saturated heterocycles.